The second-order valence-electron chi connectivity index (χ2n) is 2.94. The fourth-order valence-electron chi connectivity index (χ4n) is 0.799. The lowest BCUT2D eigenvalue weighted by molar-refractivity contribution is -0.386. The maximum atomic E-state index is 12.5. The fraction of sp³-hybridized carbons (Fsp3) is 0.429. The summed E-state index contributed by atoms with van der Waals surface area (Å²) in [4.78, 5) is 15.8. The monoisotopic (exact) mass is 289 g/mol. The van der Waals surface area contributed by atoms with Crippen molar-refractivity contribution in [3.63, 3.8) is 0 Å². The van der Waals surface area contributed by atoms with Crippen molar-refractivity contribution in [1.82, 2.24) is 9.97 Å². The second kappa shape index (κ2) is 5.29. The van der Waals surface area contributed by atoms with Gasteiger partial charge in [-0.1, -0.05) is 0 Å². The van der Waals surface area contributed by atoms with Crippen LogP contribution in [0.25, 0.3) is 0 Å². The smallest absolute Gasteiger partial charge is 0.349 e. The van der Waals surface area contributed by atoms with Gasteiger partial charge in [-0.3, -0.25) is 10.1 Å². The van der Waals surface area contributed by atoms with E-state index in [1.54, 1.807) is 0 Å². The summed E-state index contributed by atoms with van der Waals surface area (Å²) in [7, 11) is 0. The Hall–Kier alpha value is -1.71. The molecule has 6 nitrogen and oxygen atoms in total. The summed E-state index contributed by atoms with van der Waals surface area (Å²) in [6.07, 6.45) is -3.35. The molecule has 0 atom stereocenters. The van der Waals surface area contributed by atoms with E-state index in [1.165, 1.54) is 0 Å². The Labute approximate surface area is 102 Å². The van der Waals surface area contributed by atoms with Gasteiger partial charge in [0.1, 0.15) is 6.20 Å². The Morgan fingerprint density at radius 3 is 2.67 bits per heavy atom. The molecule has 0 N–H and O–H groups in total. The van der Waals surface area contributed by atoms with Crippen LogP contribution in [0.1, 0.15) is 0 Å². The van der Waals surface area contributed by atoms with Crippen molar-refractivity contribution in [3.8, 4) is 5.88 Å². The van der Waals surface area contributed by atoms with Gasteiger partial charge >= 0.3 is 18.0 Å². The summed E-state index contributed by atoms with van der Waals surface area (Å²) in [5.41, 5.74) is -0.857. The number of hydrogen-bond donors (Lipinski definition) is 0. The zero-order valence-electron chi connectivity index (χ0n) is 8.32. The summed E-state index contributed by atoms with van der Waals surface area (Å²) in [5.74, 6) is -5.36. The zero-order valence-corrected chi connectivity index (χ0v) is 9.07. The van der Waals surface area contributed by atoms with E-state index in [4.69, 9.17) is 11.6 Å². The first-order chi connectivity index (χ1) is 8.24. The Morgan fingerprint density at radius 2 is 2.17 bits per heavy atom. The molecule has 0 radical (unpaired) electrons. The van der Waals surface area contributed by atoms with Gasteiger partial charge in [0.05, 0.1) is 4.92 Å². The topological polar surface area (TPSA) is 78.2 Å². The second-order valence-corrected chi connectivity index (χ2v) is 3.28. The van der Waals surface area contributed by atoms with Crippen molar-refractivity contribution in [2.24, 2.45) is 0 Å². The lowest BCUT2D eigenvalue weighted by atomic mass is 10.4. The molecule has 1 heterocycles. The number of hydrogen-bond acceptors (Lipinski definition) is 5. The first-order valence-electron chi connectivity index (χ1n) is 4.19. The summed E-state index contributed by atoms with van der Waals surface area (Å²) in [5, 5.41) is 9.95. The Kier molecular flexibility index (Phi) is 4.22. The molecule has 1 aromatic rings. The highest BCUT2D eigenvalue weighted by Gasteiger charge is 2.42. The molecule has 100 valence electrons. The highest BCUT2D eigenvalue weighted by molar-refractivity contribution is 6.28. The van der Waals surface area contributed by atoms with Gasteiger partial charge < -0.3 is 4.74 Å². The molecule has 0 aromatic carbocycles. The predicted molar refractivity (Wildman–Crippen MR) is 50.1 cm³/mol. The Morgan fingerprint density at radius 1 is 1.56 bits per heavy atom. The number of ether oxygens (including phenoxy) is 1. The Balaban J connectivity index is 2.90. The standard InChI is InChI=1S/C7H4ClF4N3O3/c8-6-13-1-3(15(16)17)4(14-6)18-2-7(11,12)5(9)10/h1,5H,2H2. The van der Waals surface area contributed by atoms with Crippen molar-refractivity contribution in [2.75, 3.05) is 6.61 Å². The molecule has 0 aliphatic carbocycles. The van der Waals surface area contributed by atoms with Gasteiger partial charge in [0.15, 0.2) is 6.61 Å². The number of alkyl halides is 4. The Bertz CT molecular complexity index is 460. The van der Waals surface area contributed by atoms with E-state index in [1.807, 2.05) is 0 Å². The summed E-state index contributed by atoms with van der Waals surface area (Å²) >= 11 is 5.27. The van der Waals surface area contributed by atoms with E-state index < -0.39 is 40.7 Å². The van der Waals surface area contributed by atoms with Crippen LogP contribution in [0.2, 0.25) is 5.28 Å². The molecule has 1 aromatic heterocycles. The van der Waals surface area contributed by atoms with Gasteiger partial charge in [-0.05, 0) is 11.6 Å². The van der Waals surface area contributed by atoms with Crippen molar-refractivity contribution in [3.05, 3.63) is 21.6 Å². The third-order valence-corrected chi connectivity index (χ3v) is 1.81. The molecule has 0 aliphatic heterocycles. The molecule has 0 saturated heterocycles. The van der Waals surface area contributed by atoms with Gasteiger partial charge in [-0.15, -0.1) is 0 Å². The average Bonchev–Trinajstić information content (AvgIpc) is 2.26. The number of halogens is 5. The highest BCUT2D eigenvalue weighted by atomic mass is 35.5. The van der Waals surface area contributed by atoms with E-state index in [0.717, 1.165) is 0 Å². The maximum absolute atomic E-state index is 12.5. The van der Waals surface area contributed by atoms with E-state index >= 15 is 0 Å². The molecule has 18 heavy (non-hydrogen) atoms. The third-order valence-electron chi connectivity index (χ3n) is 1.62. The van der Waals surface area contributed by atoms with Crippen molar-refractivity contribution >= 4 is 17.3 Å². The van der Waals surface area contributed by atoms with Crippen molar-refractivity contribution in [1.29, 1.82) is 0 Å². The largest absolute Gasteiger partial charge is 0.466 e. The van der Waals surface area contributed by atoms with Crippen LogP contribution in [0.4, 0.5) is 23.2 Å². The van der Waals surface area contributed by atoms with E-state index in [9.17, 15) is 27.7 Å². The lowest BCUT2D eigenvalue weighted by Gasteiger charge is -2.15. The minimum atomic E-state index is -4.45. The molecule has 0 aliphatic rings. The van der Waals surface area contributed by atoms with Gasteiger partial charge in [0.25, 0.3) is 5.88 Å². The normalized spacial score (nSPS) is 11.7. The minimum absolute atomic E-state index is 0.504. The predicted octanol–water partition coefficient (Wildman–Crippen LogP) is 2.32. The van der Waals surface area contributed by atoms with Gasteiger partial charge in [-0.2, -0.15) is 13.8 Å². The van der Waals surface area contributed by atoms with Crippen LogP contribution in [0, 0.1) is 10.1 Å². The van der Waals surface area contributed by atoms with E-state index in [-0.39, 0.29) is 0 Å². The van der Waals surface area contributed by atoms with Crippen LogP contribution >= 0.6 is 11.6 Å². The molecule has 1 rings (SSSR count). The zero-order chi connectivity index (χ0) is 13.9. The lowest BCUT2D eigenvalue weighted by Crippen LogP contribution is -2.34. The van der Waals surface area contributed by atoms with Crippen LogP contribution < -0.4 is 4.74 Å². The number of aromatic nitrogens is 2. The number of nitrogens with zero attached hydrogens (tertiary/aromatic N) is 3. The molecule has 0 bridgehead atoms. The molecular formula is C7H4ClF4N3O3. The van der Waals surface area contributed by atoms with Crippen molar-refractivity contribution in [2.45, 2.75) is 12.3 Å². The van der Waals surface area contributed by atoms with Gasteiger partial charge in [0.2, 0.25) is 5.28 Å². The molecule has 0 amide bonds. The first kappa shape index (κ1) is 14.4. The van der Waals surface area contributed by atoms with E-state index in [2.05, 4.69) is 14.7 Å². The van der Waals surface area contributed by atoms with Crippen LogP contribution in [0.3, 0.4) is 0 Å². The van der Waals surface area contributed by atoms with Crippen LogP contribution in [0.5, 0.6) is 5.88 Å². The highest BCUT2D eigenvalue weighted by Crippen LogP contribution is 2.28. The maximum Gasteiger partial charge on any atom is 0.349 e. The molecule has 0 fully saturated rings. The van der Waals surface area contributed by atoms with Crippen LogP contribution in [-0.2, 0) is 0 Å². The number of nitro groups is 1. The SMILES string of the molecule is O=[N+]([O-])c1cnc(Cl)nc1OCC(F)(F)C(F)F. The van der Waals surface area contributed by atoms with E-state index in [0.29, 0.717) is 6.20 Å². The van der Waals surface area contributed by atoms with Gasteiger partial charge in [-0.25, -0.2) is 13.8 Å². The molecule has 0 spiro atoms. The van der Waals surface area contributed by atoms with Crippen LogP contribution in [0.15, 0.2) is 6.20 Å². The minimum Gasteiger partial charge on any atom is -0.466 e. The first-order valence-corrected chi connectivity index (χ1v) is 4.57. The molecule has 0 saturated carbocycles. The quantitative estimate of drug-likeness (QED) is 0.360. The number of rotatable bonds is 5. The third kappa shape index (κ3) is 3.39. The van der Waals surface area contributed by atoms with Crippen molar-refractivity contribution < 1.29 is 27.2 Å². The summed E-state index contributed by atoms with van der Waals surface area (Å²) in [6.45, 7) is -1.77. The van der Waals surface area contributed by atoms with Gasteiger partial charge in [0, 0.05) is 0 Å². The average molecular weight is 290 g/mol. The molecule has 0 unspecified atom stereocenters. The summed E-state index contributed by atoms with van der Waals surface area (Å²) < 4.78 is 52.9. The molecular weight excluding hydrogens is 286 g/mol. The summed E-state index contributed by atoms with van der Waals surface area (Å²) in [6, 6.07) is 0. The van der Waals surface area contributed by atoms with Crippen LogP contribution in [-0.4, -0.2) is 33.8 Å². The molecule has 11 heteroatoms. The fourth-order valence-corrected chi connectivity index (χ4v) is 0.924.